The Balaban J connectivity index is 1.28. The molecule has 0 spiro atoms. The van der Waals surface area contributed by atoms with Gasteiger partial charge in [0.1, 0.15) is 11.6 Å². The number of nitrogens with zero attached hydrogens (tertiary/aromatic N) is 4. The molecule has 2 aromatic rings. The molecule has 1 N–H and O–H groups in total. The molecule has 29 heavy (non-hydrogen) atoms. The molecule has 7 heteroatoms. The topological polar surface area (TPSA) is 61.4 Å². The van der Waals surface area contributed by atoms with E-state index in [1.165, 1.54) is 12.1 Å². The van der Waals surface area contributed by atoms with Crippen LogP contribution in [0.15, 0.2) is 42.9 Å². The highest BCUT2D eigenvalue weighted by atomic mass is 19.1. The van der Waals surface area contributed by atoms with E-state index in [4.69, 9.17) is 0 Å². The van der Waals surface area contributed by atoms with Crippen LogP contribution in [0.3, 0.4) is 0 Å². The SMILES string of the molecule is O=C(CN1CCN(c2cnccn2)CC1)NCC1(c2ccc(F)cc2)CCCC1. The highest BCUT2D eigenvalue weighted by Crippen LogP contribution is 2.40. The first-order valence-electron chi connectivity index (χ1n) is 10.4. The molecule has 0 atom stereocenters. The van der Waals surface area contributed by atoms with Gasteiger partial charge < -0.3 is 10.2 Å². The summed E-state index contributed by atoms with van der Waals surface area (Å²) in [5.74, 6) is 0.733. The Kier molecular flexibility index (Phi) is 6.04. The lowest BCUT2D eigenvalue weighted by atomic mass is 9.79. The fourth-order valence-corrected chi connectivity index (χ4v) is 4.54. The van der Waals surface area contributed by atoms with Crippen LogP contribution in [0.5, 0.6) is 0 Å². The summed E-state index contributed by atoms with van der Waals surface area (Å²) < 4.78 is 13.3. The van der Waals surface area contributed by atoms with Crippen molar-refractivity contribution in [2.24, 2.45) is 0 Å². The predicted octanol–water partition coefficient (Wildman–Crippen LogP) is 2.37. The third-order valence-electron chi connectivity index (χ3n) is 6.25. The van der Waals surface area contributed by atoms with E-state index in [9.17, 15) is 9.18 Å². The molecule has 0 bridgehead atoms. The van der Waals surface area contributed by atoms with Gasteiger partial charge in [0, 0.05) is 50.5 Å². The van der Waals surface area contributed by atoms with Crippen LogP contribution in [-0.4, -0.2) is 60.0 Å². The van der Waals surface area contributed by atoms with Crippen molar-refractivity contribution in [2.45, 2.75) is 31.1 Å². The molecule has 1 amide bonds. The number of carbonyl (C=O) groups excluding carboxylic acids is 1. The Labute approximate surface area is 171 Å². The van der Waals surface area contributed by atoms with Crippen molar-refractivity contribution < 1.29 is 9.18 Å². The number of anilines is 1. The number of hydrogen-bond donors (Lipinski definition) is 1. The van der Waals surface area contributed by atoms with E-state index in [-0.39, 0.29) is 17.1 Å². The van der Waals surface area contributed by atoms with Crippen molar-refractivity contribution >= 4 is 11.7 Å². The van der Waals surface area contributed by atoms with Crippen LogP contribution in [0, 0.1) is 5.82 Å². The van der Waals surface area contributed by atoms with Crippen LogP contribution in [0.1, 0.15) is 31.2 Å². The second kappa shape index (κ2) is 8.86. The smallest absolute Gasteiger partial charge is 0.234 e. The summed E-state index contributed by atoms with van der Waals surface area (Å²) >= 11 is 0. The number of carbonyl (C=O) groups is 1. The maximum absolute atomic E-state index is 13.3. The number of hydrogen-bond acceptors (Lipinski definition) is 5. The van der Waals surface area contributed by atoms with Gasteiger partial charge in [0.2, 0.25) is 5.91 Å². The number of rotatable bonds is 6. The Hall–Kier alpha value is -2.54. The molecule has 1 saturated carbocycles. The standard InChI is InChI=1S/C22H28FN5O/c23-19-5-3-18(4-6-19)22(7-1-2-8-22)17-26-21(29)16-27-11-13-28(14-12-27)20-15-24-9-10-25-20/h3-6,9-10,15H,1-2,7-8,11-14,16-17H2,(H,26,29). The van der Waals surface area contributed by atoms with Crippen LogP contribution < -0.4 is 10.2 Å². The Morgan fingerprint density at radius 2 is 1.79 bits per heavy atom. The summed E-state index contributed by atoms with van der Waals surface area (Å²) in [5.41, 5.74) is 1.07. The fraction of sp³-hybridized carbons (Fsp3) is 0.500. The van der Waals surface area contributed by atoms with E-state index in [0.717, 1.165) is 63.2 Å². The lowest BCUT2D eigenvalue weighted by Gasteiger charge is -2.35. The second-order valence-corrected chi connectivity index (χ2v) is 8.10. The van der Waals surface area contributed by atoms with Gasteiger partial charge in [-0.05, 0) is 30.5 Å². The van der Waals surface area contributed by atoms with E-state index in [1.54, 1.807) is 18.6 Å². The fourth-order valence-electron chi connectivity index (χ4n) is 4.54. The first-order chi connectivity index (χ1) is 14.1. The molecule has 1 aliphatic heterocycles. The minimum Gasteiger partial charge on any atom is -0.354 e. The summed E-state index contributed by atoms with van der Waals surface area (Å²) in [6, 6.07) is 6.79. The van der Waals surface area contributed by atoms with Crippen molar-refractivity contribution in [1.29, 1.82) is 0 Å². The molecule has 1 aliphatic carbocycles. The summed E-state index contributed by atoms with van der Waals surface area (Å²) in [5, 5.41) is 3.16. The zero-order valence-corrected chi connectivity index (χ0v) is 16.7. The van der Waals surface area contributed by atoms with Crippen LogP contribution >= 0.6 is 0 Å². The van der Waals surface area contributed by atoms with E-state index in [1.807, 2.05) is 12.1 Å². The van der Waals surface area contributed by atoms with Crippen LogP contribution in [-0.2, 0) is 10.2 Å². The van der Waals surface area contributed by atoms with Crippen molar-refractivity contribution in [1.82, 2.24) is 20.2 Å². The quantitative estimate of drug-likeness (QED) is 0.811. The molecule has 2 heterocycles. The summed E-state index contributed by atoms with van der Waals surface area (Å²) in [6.45, 7) is 4.36. The first kappa shape index (κ1) is 19.8. The molecule has 6 nitrogen and oxygen atoms in total. The van der Waals surface area contributed by atoms with Gasteiger partial charge in [0.25, 0.3) is 0 Å². The number of amides is 1. The highest BCUT2D eigenvalue weighted by molar-refractivity contribution is 5.78. The largest absolute Gasteiger partial charge is 0.354 e. The van der Waals surface area contributed by atoms with Crippen molar-refractivity contribution in [3.05, 3.63) is 54.2 Å². The number of aromatic nitrogens is 2. The van der Waals surface area contributed by atoms with Crippen LogP contribution in [0.4, 0.5) is 10.2 Å². The lowest BCUT2D eigenvalue weighted by Crippen LogP contribution is -2.50. The van der Waals surface area contributed by atoms with Gasteiger partial charge in [-0.15, -0.1) is 0 Å². The number of piperazine rings is 1. The van der Waals surface area contributed by atoms with Crippen molar-refractivity contribution in [2.75, 3.05) is 44.2 Å². The average molecular weight is 397 g/mol. The number of nitrogens with one attached hydrogen (secondary N) is 1. The number of benzene rings is 1. The minimum absolute atomic E-state index is 0.0614. The van der Waals surface area contributed by atoms with E-state index >= 15 is 0 Å². The third-order valence-corrected chi connectivity index (χ3v) is 6.25. The van der Waals surface area contributed by atoms with E-state index in [0.29, 0.717) is 13.1 Å². The van der Waals surface area contributed by atoms with Gasteiger partial charge in [-0.3, -0.25) is 14.7 Å². The Morgan fingerprint density at radius 3 is 2.45 bits per heavy atom. The van der Waals surface area contributed by atoms with Crippen LogP contribution in [0.25, 0.3) is 0 Å². The molecule has 1 saturated heterocycles. The first-order valence-corrected chi connectivity index (χ1v) is 10.4. The monoisotopic (exact) mass is 397 g/mol. The van der Waals surface area contributed by atoms with E-state index in [2.05, 4.69) is 25.1 Å². The zero-order valence-electron chi connectivity index (χ0n) is 16.7. The van der Waals surface area contributed by atoms with Crippen LogP contribution in [0.2, 0.25) is 0 Å². The third kappa shape index (κ3) is 4.72. The van der Waals surface area contributed by atoms with Gasteiger partial charge in [-0.2, -0.15) is 0 Å². The highest BCUT2D eigenvalue weighted by Gasteiger charge is 2.36. The van der Waals surface area contributed by atoms with Crippen molar-refractivity contribution in [3.63, 3.8) is 0 Å². The molecule has 4 rings (SSSR count). The lowest BCUT2D eigenvalue weighted by molar-refractivity contribution is -0.122. The minimum atomic E-state index is -0.216. The molecule has 154 valence electrons. The molecule has 2 aliphatic rings. The maximum atomic E-state index is 13.3. The van der Waals surface area contributed by atoms with Gasteiger partial charge in [0.05, 0.1) is 12.7 Å². The summed E-state index contributed by atoms with van der Waals surface area (Å²) in [4.78, 5) is 25.4. The zero-order chi connectivity index (χ0) is 20.1. The van der Waals surface area contributed by atoms with Crippen molar-refractivity contribution in [3.8, 4) is 0 Å². The Bertz CT molecular complexity index is 800. The van der Waals surface area contributed by atoms with Gasteiger partial charge in [-0.1, -0.05) is 25.0 Å². The van der Waals surface area contributed by atoms with E-state index < -0.39 is 0 Å². The molecular weight excluding hydrogens is 369 g/mol. The second-order valence-electron chi connectivity index (χ2n) is 8.10. The average Bonchev–Trinajstić information content (AvgIpc) is 3.24. The summed E-state index contributed by atoms with van der Waals surface area (Å²) in [7, 11) is 0. The predicted molar refractivity (Wildman–Crippen MR) is 110 cm³/mol. The van der Waals surface area contributed by atoms with Gasteiger partial charge in [-0.25, -0.2) is 9.37 Å². The van der Waals surface area contributed by atoms with Gasteiger partial charge >= 0.3 is 0 Å². The molecule has 1 aromatic carbocycles. The molecule has 2 fully saturated rings. The van der Waals surface area contributed by atoms with Gasteiger partial charge in [0.15, 0.2) is 0 Å². The molecule has 0 unspecified atom stereocenters. The molecule has 1 aromatic heterocycles. The Morgan fingerprint density at radius 1 is 1.07 bits per heavy atom. The normalized spacial score (nSPS) is 19.3. The number of halogens is 1. The molecule has 0 radical (unpaired) electrons. The molecular formula is C22H28FN5O. The maximum Gasteiger partial charge on any atom is 0.234 e. The summed E-state index contributed by atoms with van der Waals surface area (Å²) in [6.07, 6.45) is 9.53.